The largest absolute Gasteiger partial charge is 0.434 e. The number of rotatable bonds is 5. The van der Waals surface area contributed by atoms with Gasteiger partial charge in [0.25, 0.3) is 0 Å². The van der Waals surface area contributed by atoms with Crippen LogP contribution in [0.15, 0.2) is 47.6 Å². The van der Waals surface area contributed by atoms with Crippen LogP contribution in [-0.2, 0) is 0 Å². The molecule has 126 valence electrons. The lowest BCUT2D eigenvalue weighted by Gasteiger charge is -2.11. The Morgan fingerprint density at radius 1 is 1.21 bits per heavy atom. The number of para-hydroxylation sites is 1. The van der Waals surface area contributed by atoms with Gasteiger partial charge < -0.3 is 10.1 Å². The summed E-state index contributed by atoms with van der Waals surface area (Å²) in [5, 5.41) is 7.29. The number of ether oxygens (including phenoxy) is 1. The van der Waals surface area contributed by atoms with Crippen molar-refractivity contribution < 1.29 is 13.5 Å². The molecule has 2 rings (SSSR count). The summed E-state index contributed by atoms with van der Waals surface area (Å²) in [5.74, 6) is 0.0476. The third kappa shape index (κ3) is 5.27. The predicted octanol–water partition coefficient (Wildman–Crippen LogP) is 4.23. The van der Waals surface area contributed by atoms with Crippen LogP contribution >= 0.6 is 12.2 Å². The van der Waals surface area contributed by atoms with Gasteiger partial charge in [0.15, 0.2) is 5.11 Å². The van der Waals surface area contributed by atoms with Crippen LogP contribution in [0.4, 0.5) is 14.5 Å². The average Bonchev–Trinajstić information content (AvgIpc) is 2.52. The van der Waals surface area contributed by atoms with Gasteiger partial charge in [-0.25, -0.2) is 0 Å². The van der Waals surface area contributed by atoms with Crippen LogP contribution < -0.4 is 15.5 Å². The molecule has 7 heteroatoms. The zero-order valence-corrected chi connectivity index (χ0v) is 14.0. The van der Waals surface area contributed by atoms with Crippen LogP contribution in [0.3, 0.4) is 0 Å². The Morgan fingerprint density at radius 3 is 2.71 bits per heavy atom. The van der Waals surface area contributed by atoms with Crippen LogP contribution in [-0.4, -0.2) is 17.9 Å². The molecule has 2 aromatic carbocycles. The molecule has 0 bridgehead atoms. The van der Waals surface area contributed by atoms with Crippen molar-refractivity contribution >= 4 is 29.2 Å². The summed E-state index contributed by atoms with van der Waals surface area (Å²) in [6.45, 7) is 1.06. The molecule has 2 N–H and O–H groups in total. The number of anilines is 1. The summed E-state index contributed by atoms with van der Waals surface area (Å²) in [4.78, 5) is 0. The van der Waals surface area contributed by atoms with E-state index in [1.165, 1.54) is 12.3 Å². The molecule has 2 aromatic rings. The molecule has 0 radical (unpaired) electrons. The average molecular weight is 349 g/mol. The second-order valence-electron chi connectivity index (χ2n) is 5.06. The van der Waals surface area contributed by atoms with Crippen LogP contribution in [0.25, 0.3) is 0 Å². The number of halogens is 2. The highest BCUT2D eigenvalue weighted by molar-refractivity contribution is 7.80. The van der Waals surface area contributed by atoms with Crippen LogP contribution in [0.2, 0.25) is 0 Å². The highest BCUT2D eigenvalue weighted by Gasteiger charge is 2.07. The van der Waals surface area contributed by atoms with Gasteiger partial charge >= 0.3 is 6.61 Å². The molecule has 0 aliphatic rings. The van der Waals surface area contributed by atoms with Crippen molar-refractivity contribution in [2.24, 2.45) is 5.10 Å². The molecule has 0 aliphatic heterocycles. The fraction of sp³-hybridized carbons (Fsp3) is 0.176. The molecule has 24 heavy (non-hydrogen) atoms. The quantitative estimate of drug-likeness (QED) is 0.482. The highest BCUT2D eigenvalue weighted by atomic mass is 32.1. The van der Waals surface area contributed by atoms with Crippen molar-refractivity contribution in [2.75, 3.05) is 5.32 Å². The van der Waals surface area contributed by atoms with E-state index in [9.17, 15) is 8.78 Å². The molecule has 0 aromatic heterocycles. The van der Waals surface area contributed by atoms with Crippen LogP contribution in [0.1, 0.15) is 16.7 Å². The third-order valence-corrected chi connectivity index (χ3v) is 3.34. The number of aryl methyl sites for hydroxylation is 2. The Balaban J connectivity index is 1.99. The minimum Gasteiger partial charge on any atom is -0.434 e. The first-order valence-electron chi connectivity index (χ1n) is 7.17. The van der Waals surface area contributed by atoms with Crippen molar-refractivity contribution in [2.45, 2.75) is 20.5 Å². The second kappa shape index (κ2) is 8.35. The maximum Gasteiger partial charge on any atom is 0.387 e. The SMILES string of the molecule is Cc1ccc(C)c(NC(=S)N/N=C/c2ccccc2OC(F)F)c1. The van der Waals surface area contributed by atoms with E-state index in [1.54, 1.807) is 18.2 Å². The van der Waals surface area contributed by atoms with E-state index in [1.807, 2.05) is 32.0 Å². The standard InChI is InChI=1S/C17H17F2N3OS/c1-11-7-8-12(2)14(9-11)21-17(24)22-20-10-13-5-3-4-6-15(13)23-16(18)19/h3-10,16H,1-2H3,(H2,21,22,24)/b20-10+. The van der Waals surface area contributed by atoms with E-state index >= 15 is 0 Å². The van der Waals surface area contributed by atoms with E-state index in [-0.39, 0.29) is 5.75 Å². The third-order valence-electron chi connectivity index (χ3n) is 3.15. The Kier molecular flexibility index (Phi) is 6.20. The first-order valence-corrected chi connectivity index (χ1v) is 7.57. The van der Waals surface area contributed by atoms with Gasteiger partial charge in [0, 0.05) is 11.3 Å². The molecule has 0 spiro atoms. The summed E-state index contributed by atoms with van der Waals surface area (Å²) in [5.41, 5.74) is 6.10. The van der Waals surface area contributed by atoms with Gasteiger partial charge in [0.1, 0.15) is 5.75 Å². The monoisotopic (exact) mass is 349 g/mol. The molecule has 0 amide bonds. The first kappa shape index (κ1) is 17.8. The Hall–Kier alpha value is -2.54. The molecular weight excluding hydrogens is 332 g/mol. The Bertz CT molecular complexity index is 750. The number of alkyl halides is 2. The second-order valence-corrected chi connectivity index (χ2v) is 5.47. The van der Waals surface area contributed by atoms with Crippen molar-refractivity contribution in [3.8, 4) is 5.75 Å². The lowest BCUT2D eigenvalue weighted by Crippen LogP contribution is -2.24. The Labute approximate surface area is 144 Å². The molecule has 0 aliphatic carbocycles. The van der Waals surface area contributed by atoms with Gasteiger partial charge in [-0.2, -0.15) is 13.9 Å². The molecule has 0 unspecified atom stereocenters. The molecule has 0 saturated carbocycles. The number of hydrogen-bond donors (Lipinski definition) is 2. The zero-order chi connectivity index (χ0) is 17.5. The molecule has 4 nitrogen and oxygen atoms in total. The number of hydrogen-bond acceptors (Lipinski definition) is 3. The zero-order valence-electron chi connectivity index (χ0n) is 13.2. The van der Waals surface area contributed by atoms with Gasteiger partial charge in [-0.3, -0.25) is 5.43 Å². The van der Waals surface area contributed by atoms with Crippen LogP contribution in [0.5, 0.6) is 5.75 Å². The van der Waals surface area contributed by atoms with E-state index in [4.69, 9.17) is 12.2 Å². The van der Waals surface area contributed by atoms with E-state index < -0.39 is 6.61 Å². The number of benzene rings is 2. The van der Waals surface area contributed by atoms with Gasteiger partial charge in [-0.15, -0.1) is 0 Å². The number of nitrogens with zero attached hydrogens (tertiary/aromatic N) is 1. The summed E-state index contributed by atoms with van der Waals surface area (Å²) < 4.78 is 29.1. The van der Waals surface area contributed by atoms with Gasteiger partial charge in [0.2, 0.25) is 0 Å². The molecule has 0 fully saturated rings. The molecule has 0 heterocycles. The number of nitrogens with one attached hydrogen (secondary N) is 2. The van der Waals surface area contributed by atoms with Crippen molar-refractivity contribution in [3.05, 3.63) is 59.2 Å². The van der Waals surface area contributed by atoms with E-state index in [2.05, 4.69) is 20.6 Å². The maximum atomic E-state index is 12.4. The molecular formula is C17H17F2N3OS. The summed E-state index contributed by atoms with van der Waals surface area (Å²) >= 11 is 5.17. The lowest BCUT2D eigenvalue weighted by atomic mass is 10.1. The molecule has 0 saturated heterocycles. The molecule has 0 atom stereocenters. The lowest BCUT2D eigenvalue weighted by molar-refractivity contribution is -0.0499. The normalized spacial score (nSPS) is 10.9. The highest BCUT2D eigenvalue weighted by Crippen LogP contribution is 2.18. The predicted molar refractivity (Wildman–Crippen MR) is 95.9 cm³/mol. The van der Waals surface area contributed by atoms with Crippen molar-refractivity contribution in [3.63, 3.8) is 0 Å². The topological polar surface area (TPSA) is 45.7 Å². The minimum absolute atomic E-state index is 0.0476. The van der Waals surface area contributed by atoms with Gasteiger partial charge in [0.05, 0.1) is 6.21 Å². The minimum atomic E-state index is -2.89. The van der Waals surface area contributed by atoms with Crippen LogP contribution in [0, 0.1) is 13.8 Å². The fourth-order valence-electron chi connectivity index (χ4n) is 1.97. The Morgan fingerprint density at radius 2 is 1.96 bits per heavy atom. The van der Waals surface area contributed by atoms with E-state index in [0.29, 0.717) is 10.7 Å². The summed E-state index contributed by atoms with van der Waals surface area (Å²) in [6.07, 6.45) is 1.37. The summed E-state index contributed by atoms with van der Waals surface area (Å²) in [6, 6.07) is 12.3. The smallest absolute Gasteiger partial charge is 0.387 e. The fourth-order valence-corrected chi connectivity index (χ4v) is 2.13. The van der Waals surface area contributed by atoms with Crippen molar-refractivity contribution in [1.29, 1.82) is 0 Å². The number of hydrazone groups is 1. The van der Waals surface area contributed by atoms with Gasteiger partial charge in [-0.05, 0) is 55.4 Å². The number of thiocarbonyl (C=S) groups is 1. The summed E-state index contributed by atoms with van der Waals surface area (Å²) in [7, 11) is 0. The van der Waals surface area contributed by atoms with Crippen molar-refractivity contribution in [1.82, 2.24) is 5.43 Å². The van der Waals surface area contributed by atoms with Gasteiger partial charge in [-0.1, -0.05) is 24.3 Å². The maximum absolute atomic E-state index is 12.4. The van der Waals surface area contributed by atoms with E-state index in [0.717, 1.165) is 16.8 Å². The first-order chi connectivity index (χ1) is 11.5.